The van der Waals surface area contributed by atoms with Crippen LogP contribution >= 0.6 is 0 Å². The van der Waals surface area contributed by atoms with Crippen LogP contribution in [-0.4, -0.2) is 18.3 Å². The van der Waals surface area contributed by atoms with Gasteiger partial charge in [0.25, 0.3) is 0 Å². The number of alkyl halides is 3. The van der Waals surface area contributed by atoms with E-state index < -0.39 is 11.7 Å². The van der Waals surface area contributed by atoms with Crippen LogP contribution in [0.4, 0.5) is 13.2 Å². The first-order valence-electron chi connectivity index (χ1n) is 10.1. The standard InChI is InChI=1S/C24H26F3NO2/c25-24(26,27)22-11-7-19(8-12-22)17-21(18-28)20-9-13-23(14-10-20)30-16-6-4-2-1-3-5-15-29/h7-14,17,29H,1-6,15-16H2. The van der Waals surface area contributed by atoms with Gasteiger partial charge in [0.2, 0.25) is 0 Å². The number of halogens is 3. The second kappa shape index (κ2) is 12.0. The Morgan fingerprint density at radius 3 is 2.07 bits per heavy atom. The van der Waals surface area contributed by atoms with Crippen molar-refractivity contribution in [2.75, 3.05) is 13.2 Å². The maximum Gasteiger partial charge on any atom is 0.416 e. The lowest BCUT2D eigenvalue weighted by Gasteiger charge is -2.08. The third kappa shape index (κ3) is 7.92. The highest BCUT2D eigenvalue weighted by Gasteiger charge is 2.29. The van der Waals surface area contributed by atoms with Crippen LogP contribution in [-0.2, 0) is 6.18 Å². The van der Waals surface area contributed by atoms with Gasteiger partial charge in [0, 0.05) is 6.61 Å². The van der Waals surface area contributed by atoms with Crippen molar-refractivity contribution in [1.29, 1.82) is 5.26 Å². The number of unbranched alkanes of at least 4 members (excludes halogenated alkanes) is 5. The van der Waals surface area contributed by atoms with E-state index in [-0.39, 0.29) is 6.61 Å². The maximum absolute atomic E-state index is 12.7. The Morgan fingerprint density at radius 1 is 0.900 bits per heavy atom. The first-order chi connectivity index (χ1) is 14.4. The van der Waals surface area contributed by atoms with Crippen molar-refractivity contribution in [2.24, 2.45) is 0 Å². The molecule has 0 aliphatic rings. The molecule has 0 aliphatic heterocycles. The van der Waals surface area contributed by atoms with Gasteiger partial charge in [-0.15, -0.1) is 0 Å². The Morgan fingerprint density at radius 2 is 1.50 bits per heavy atom. The quantitative estimate of drug-likeness (QED) is 0.259. The molecule has 160 valence electrons. The number of allylic oxidation sites excluding steroid dienone is 1. The molecular weight excluding hydrogens is 391 g/mol. The van der Waals surface area contributed by atoms with Crippen molar-refractivity contribution < 1.29 is 23.0 Å². The van der Waals surface area contributed by atoms with Crippen LogP contribution in [0, 0.1) is 11.3 Å². The minimum absolute atomic E-state index is 0.256. The highest BCUT2D eigenvalue weighted by molar-refractivity contribution is 5.89. The summed E-state index contributed by atoms with van der Waals surface area (Å²) in [6, 6.07) is 13.9. The van der Waals surface area contributed by atoms with Gasteiger partial charge in [-0.3, -0.25) is 0 Å². The normalized spacial score (nSPS) is 11.9. The first-order valence-corrected chi connectivity index (χ1v) is 10.1. The van der Waals surface area contributed by atoms with Gasteiger partial charge in [0.15, 0.2) is 0 Å². The number of aliphatic hydroxyl groups is 1. The van der Waals surface area contributed by atoms with Crippen LogP contribution in [0.1, 0.15) is 55.2 Å². The van der Waals surface area contributed by atoms with Crippen molar-refractivity contribution in [3.05, 3.63) is 65.2 Å². The first kappa shape index (κ1) is 23.5. The van der Waals surface area contributed by atoms with E-state index in [2.05, 4.69) is 6.07 Å². The van der Waals surface area contributed by atoms with Gasteiger partial charge in [-0.25, -0.2) is 0 Å². The zero-order valence-corrected chi connectivity index (χ0v) is 16.8. The van der Waals surface area contributed by atoms with E-state index in [0.29, 0.717) is 29.1 Å². The summed E-state index contributed by atoms with van der Waals surface area (Å²) in [5.74, 6) is 0.714. The van der Waals surface area contributed by atoms with Crippen molar-refractivity contribution in [2.45, 2.75) is 44.7 Å². The molecule has 0 saturated heterocycles. The fourth-order valence-electron chi connectivity index (χ4n) is 2.96. The molecule has 0 amide bonds. The summed E-state index contributed by atoms with van der Waals surface area (Å²) in [4.78, 5) is 0. The molecule has 0 aromatic heterocycles. The van der Waals surface area contributed by atoms with Crippen molar-refractivity contribution >= 4 is 11.6 Å². The largest absolute Gasteiger partial charge is 0.494 e. The smallest absolute Gasteiger partial charge is 0.416 e. The monoisotopic (exact) mass is 417 g/mol. The lowest BCUT2D eigenvalue weighted by molar-refractivity contribution is -0.137. The summed E-state index contributed by atoms with van der Waals surface area (Å²) < 4.78 is 43.7. The highest BCUT2D eigenvalue weighted by atomic mass is 19.4. The lowest BCUT2D eigenvalue weighted by atomic mass is 10.0. The molecule has 0 radical (unpaired) electrons. The zero-order chi connectivity index (χ0) is 21.8. The molecule has 3 nitrogen and oxygen atoms in total. The molecule has 2 rings (SSSR count). The molecule has 0 spiro atoms. The van der Waals surface area contributed by atoms with E-state index in [0.717, 1.165) is 50.7 Å². The van der Waals surface area contributed by atoms with Crippen LogP contribution < -0.4 is 4.74 Å². The summed E-state index contributed by atoms with van der Waals surface area (Å²) in [6.07, 6.45) is 3.39. The van der Waals surface area contributed by atoms with Gasteiger partial charge in [-0.2, -0.15) is 18.4 Å². The van der Waals surface area contributed by atoms with E-state index >= 15 is 0 Å². The zero-order valence-electron chi connectivity index (χ0n) is 16.8. The second-order valence-corrected chi connectivity index (χ2v) is 7.01. The Bertz CT molecular complexity index is 835. The number of rotatable bonds is 11. The average Bonchev–Trinajstić information content (AvgIpc) is 2.74. The molecule has 0 fully saturated rings. The summed E-state index contributed by atoms with van der Waals surface area (Å²) in [7, 11) is 0. The minimum atomic E-state index is -4.38. The molecular formula is C24H26F3NO2. The number of benzene rings is 2. The number of hydrogen-bond donors (Lipinski definition) is 1. The van der Waals surface area contributed by atoms with Crippen LogP contribution in [0.15, 0.2) is 48.5 Å². The Balaban J connectivity index is 1.88. The van der Waals surface area contributed by atoms with Gasteiger partial charge in [0.1, 0.15) is 5.75 Å². The number of hydrogen-bond acceptors (Lipinski definition) is 3. The van der Waals surface area contributed by atoms with Crippen LogP contribution in [0.3, 0.4) is 0 Å². The van der Waals surface area contributed by atoms with Gasteiger partial charge in [-0.1, -0.05) is 37.8 Å². The molecule has 0 aliphatic carbocycles. The number of nitriles is 1. The van der Waals surface area contributed by atoms with Crippen molar-refractivity contribution in [3.8, 4) is 11.8 Å². The van der Waals surface area contributed by atoms with Gasteiger partial charge in [0.05, 0.1) is 23.8 Å². The van der Waals surface area contributed by atoms with E-state index in [1.807, 2.05) is 0 Å². The van der Waals surface area contributed by atoms with E-state index in [1.54, 1.807) is 30.3 Å². The molecule has 0 saturated carbocycles. The third-order valence-electron chi connectivity index (χ3n) is 4.66. The number of ether oxygens (including phenoxy) is 1. The molecule has 1 N–H and O–H groups in total. The maximum atomic E-state index is 12.7. The molecule has 0 heterocycles. The molecule has 6 heteroatoms. The van der Waals surface area contributed by atoms with Crippen LogP contribution in [0.25, 0.3) is 11.6 Å². The van der Waals surface area contributed by atoms with Crippen molar-refractivity contribution in [3.63, 3.8) is 0 Å². The Kier molecular flexibility index (Phi) is 9.43. The predicted molar refractivity (Wildman–Crippen MR) is 112 cm³/mol. The molecule has 2 aromatic rings. The van der Waals surface area contributed by atoms with Crippen LogP contribution in [0.2, 0.25) is 0 Å². The van der Waals surface area contributed by atoms with Gasteiger partial charge < -0.3 is 9.84 Å². The van der Waals surface area contributed by atoms with Crippen molar-refractivity contribution in [1.82, 2.24) is 0 Å². The van der Waals surface area contributed by atoms with Crippen LogP contribution in [0.5, 0.6) is 5.75 Å². The molecule has 0 atom stereocenters. The lowest BCUT2D eigenvalue weighted by Crippen LogP contribution is -2.03. The predicted octanol–water partition coefficient (Wildman–Crippen LogP) is 6.48. The molecule has 30 heavy (non-hydrogen) atoms. The highest BCUT2D eigenvalue weighted by Crippen LogP contribution is 2.30. The van der Waals surface area contributed by atoms with Gasteiger partial charge in [-0.05, 0) is 66.4 Å². The summed E-state index contributed by atoms with van der Waals surface area (Å²) in [6.45, 7) is 0.873. The minimum Gasteiger partial charge on any atom is -0.494 e. The van der Waals surface area contributed by atoms with E-state index in [4.69, 9.17) is 9.84 Å². The summed E-state index contributed by atoms with van der Waals surface area (Å²) in [5.41, 5.74) is 0.849. The van der Waals surface area contributed by atoms with Gasteiger partial charge >= 0.3 is 6.18 Å². The SMILES string of the molecule is N#CC(=Cc1ccc(C(F)(F)F)cc1)c1ccc(OCCCCCCCCO)cc1. The van der Waals surface area contributed by atoms with E-state index in [9.17, 15) is 18.4 Å². The van der Waals surface area contributed by atoms with E-state index in [1.165, 1.54) is 12.1 Å². The Hall–Kier alpha value is -2.78. The molecule has 0 unspecified atom stereocenters. The summed E-state index contributed by atoms with van der Waals surface area (Å²) in [5, 5.41) is 18.2. The average molecular weight is 417 g/mol. The third-order valence-corrected chi connectivity index (χ3v) is 4.66. The molecule has 2 aromatic carbocycles. The Labute approximate surface area is 175 Å². The fourth-order valence-corrected chi connectivity index (χ4v) is 2.96. The second-order valence-electron chi connectivity index (χ2n) is 7.01. The fraction of sp³-hybridized carbons (Fsp3) is 0.375. The molecule has 0 bridgehead atoms. The topological polar surface area (TPSA) is 53.2 Å². The number of nitrogens with zero attached hydrogens (tertiary/aromatic N) is 1. The summed E-state index contributed by atoms with van der Waals surface area (Å²) >= 11 is 0. The number of aliphatic hydroxyl groups excluding tert-OH is 1.